The SMILES string of the molecule is CCC(C)C=C(C)C=CC(=O)c1occ2c1CC(O)C(C)(O)C2=O. The van der Waals surface area contributed by atoms with Crippen molar-refractivity contribution in [3.63, 3.8) is 0 Å². The Bertz CT molecular complexity index is 705. The molecule has 1 aliphatic rings. The highest BCUT2D eigenvalue weighted by molar-refractivity contribution is 6.10. The van der Waals surface area contributed by atoms with Crippen LogP contribution in [0.4, 0.5) is 0 Å². The molecule has 0 radical (unpaired) electrons. The fraction of sp³-hybridized carbons (Fsp3) is 0.474. The van der Waals surface area contributed by atoms with Crippen molar-refractivity contribution in [2.24, 2.45) is 5.92 Å². The number of allylic oxidation sites excluding steroid dienone is 4. The summed E-state index contributed by atoms with van der Waals surface area (Å²) < 4.78 is 5.26. The molecule has 0 spiro atoms. The summed E-state index contributed by atoms with van der Waals surface area (Å²) in [6.07, 6.45) is 6.12. The Morgan fingerprint density at radius 2 is 2.17 bits per heavy atom. The highest BCUT2D eigenvalue weighted by Gasteiger charge is 2.46. The summed E-state index contributed by atoms with van der Waals surface area (Å²) in [5.74, 6) is -0.526. The Hall–Kier alpha value is -1.98. The zero-order valence-electron chi connectivity index (χ0n) is 14.5. The van der Waals surface area contributed by atoms with Crippen LogP contribution in [0.2, 0.25) is 0 Å². The number of rotatable bonds is 5. The van der Waals surface area contributed by atoms with Crippen molar-refractivity contribution in [1.82, 2.24) is 0 Å². The zero-order chi connectivity index (χ0) is 18.1. The maximum Gasteiger partial charge on any atom is 0.221 e. The highest BCUT2D eigenvalue weighted by atomic mass is 16.4. The summed E-state index contributed by atoms with van der Waals surface area (Å²) in [7, 11) is 0. The summed E-state index contributed by atoms with van der Waals surface area (Å²) in [6, 6.07) is 0. The van der Waals surface area contributed by atoms with E-state index in [-0.39, 0.29) is 23.5 Å². The van der Waals surface area contributed by atoms with E-state index in [1.54, 1.807) is 6.08 Å². The van der Waals surface area contributed by atoms with Crippen molar-refractivity contribution in [1.29, 1.82) is 0 Å². The summed E-state index contributed by atoms with van der Waals surface area (Å²) >= 11 is 0. The quantitative estimate of drug-likeness (QED) is 0.492. The Labute approximate surface area is 141 Å². The van der Waals surface area contributed by atoms with Crippen molar-refractivity contribution in [2.75, 3.05) is 0 Å². The summed E-state index contributed by atoms with van der Waals surface area (Å²) in [5.41, 5.74) is -0.369. The van der Waals surface area contributed by atoms with Crippen LogP contribution in [-0.4, -0.2) is 33.5 Å². The van der Waals surface area contributed by atoms with Gasteiger partial charge in [-0.1, -0.05) is 38.0 Å². The molecule has 1 aromatic heterocycles. The molecule has 130 valence electrons. The molecular weight excluding hydrogens is 308 g/mol. The van der Waals surface area contributed by atoms with Gasteiger partial charge in [0.25, 0.3) is 0 Å². The van der Waals surface area contributed by atoms with Crippen LogP contribution in [0.1, 0.15) is 60.6 Å². The molecule has 1 aliphatic carbocycles. The van der Waals surface area contributed by atoms with Crippen LogP contribution in [0.5, 0.6) is 0 Å². The minimum absolute atomic E-state index is 0.00117. The molecule has 0 aliphatic heterocycles. The average molecular weight is 332 g/mol. The smallest absolute Gasteiger partial charge is 0.221 e. The molecule has 5 nitrogen and oxygen atoms in total. The predicted octanol–water partition coefficient (Wildman–Crippen LogP) is 2.86. The second kappa shape index (κ2) is 6.87. The fourth-order valence-electron chi connectivity index (χ4n) is 2.70. The molecule has 0 aromatic carbocycles. The van der Waals surface area contributed by atoms with E-state index in [1.807, 2.05) is 6.92 Å². The van der Waals surface area contributed by atoms with Crippen molar-refractivity contribution in [2.45, 2.75) is 52.2 Å². The zero-order valence-corrected chi connectivity index (χ0v) is 14.5. The minimum atomic E-state index is -1.86. The van der Waals surface area contributed by atoms with Crippen LogP contribution >= 0.6 is 0 Å². The van der Waals surface area contributed by atoms with E-state index in [4.69, 9.17) is 4.42 Å². The van der Waals surface area contributed by atoms with Gasteiger partial charge in [0.2, 0.25) is 5.78 Å². The number of Topliss-reactive ketones (excluding diaryl/α,β-unsaturated/α-hetero) is 1. The maximum atomic E-state index is 12.3. The first kappa shape index (κ1) is 18.4. The molecule has 3 unspecified atom stereocenters. The number of aliphatic hydroxyl groups is 2. The number of aliphatic hydroxyl groups excluding tert-OH is 1. The lowest BCUT2D eigenvalue weighted by Crippen LogP contribution is -2.51. The molecule has 0 bridgehead atoms. The van der Waals surface area contributed by atoms with Gasteiger partial charge < -0.3 is 14.6 Å². The van der Waals surface area contributed by atoms with E-state index in [0.29, 0.717) is 11.5 Å². The summed E-state index contributed by atoms with van der Waals surface area (Å²) in [4.78, 5) is 24.5. The van der Waals surface area contributed by atoms with Gasteiger partial charge in [-0.15, -0.1) is 0 Å². The van der Waals surface area contributed by atoms with Crippen molar-refractivity contribution in [3.8, 4) is 0 Å². The topological polar surface area (TPSA) is 87.7 Å². The standard InChI is InChI=1S/C19H24O5/c1-5-11(2)8-12(3)6-7-15(20)17-13-9-16(21)19(4,23)18(22)14(13)10-24-17/h6-8,10-11,16,21,23H,5,9H2,1-4H3. The lowest BCUT2D eigenvalue weighted by molar-refractivity contribution is -0.0426. The Balaban J connectivity index is 2.25. The Morgan fingerprint density at radius 1 is 1.50 bits per heavy atom. The van der Waals surface area contributed by atoms with E-state index >= 15 is 0 Å². The van der Waals surface area contributed by atoms with Gasteiger partial charge in [0.05, 0.1) is 11.7 Å². The molecule has 0 saturated carbocycles. The second-order valence-electron chi connectivity index (χ2n) is 6.65. The third-order valence-corrected chi connectivity index (χ3v) is 4.56. The van der Waals surface area contributed by atoms with Gasteiger partial charge in [-0.25, -0.2) is 0 Å². The molecule has 24 heavy (non-hydrogen) atoms. The van der Waals surface area contributed by atoms with Crippen molar-refractivity contribution in [3.05, 3.63) is 47.0 Å². The van der Waals surface area contributed by atoms with Crippen LogP contribution in [0, 0.1) is 5.92 Å². The molecule has 0 fully saturated rings. The molecule has 3 atom stereocenters. The van der Waals surface area contributed by atoms with E-state index in [0.717, 1.165) is 12.0 Å². The third-order valence-electron chi connectivity index (χ3n) is 4.56. The monoisotopic (exact) mass is 332 g/mol. The van der Waals surface area contributed by atoms with Gasteiger partial charge in [0.1, 0.15) is 6.26 Å². The number of hydrogen-bond acceptors (Lipinski definition) is 5. The van der Waals surface area contributed by atoms with E-state index in [1.165, 1.54) is 19.3 Å². The summed E-state index contributed by atoms with van der Waals surface area (Å²) in [6.45, 7) is 7.37. The number of carbonyl (C=O) groups excluding carboxylic acids is 2. The molecule has 0 amide bonds. The molecule has 2 N–H and O–H groups in total. The Kier molecular flexibility index (Phi) is 5.26. The van der Waals surface area contributed by atoms with Crippen LogP contribution in [0.15, 0.2) is 34.5 Å². The van der Waals surface area contributed by atoms with Crippen molar-refractivity contribution < 1.29 is 24.2 Å². The number of ketones is 2. The third kappa shape index (κ3) is 3.42. The summed E-state index contributed by atoms with van der Waals surface area (Å²) in [5, 5.41) is 20.0. The highest BCUT2D eigenvalue weighted by Crippen LogP contribution is 2.32. The van der Waals surface area contributed by atoms with Crippen LogP contribution in [0.3, 0.4) is 0 Å². The van der Waals surface area contributed by atoms with Gasteiger partial charge in [-0.3, -0.25) is 9.59 Å². The minimum Gasteiger partial charge on any atom is -0.460 e. The van der Waals surface area contributed by atoms with E-state index in [2.05, 4.69) is 19.9 Å². The first-order valence-corrected chi connectivity index (χ1v) is 8.14. The first-order valence-electron chi connectivity index (χ1n) is 8.14. The van der Waals surface area contributed by atoms with Gasteiger partial charge in [0, 0.05) is 12.0 Å². The molecule has 2 rings (SSSR count). The number of carbonyl (C=O) groups is 2. The Morgan fingerprint density at radius 3 is 2.79 bits per heavy atom. The average Bonchev–Trinajstić information content (AvgIpc) is 2.94. The second-order valence-corrected chi connectivity index (χ2v) is 6.65. The molecular formula is C19H24O5. The van der Waals surface area contributed by atoms with Gasteiger partial charge in [-0.05, 0) is 25.8 Å². The molecule has 1 aromatic rings. The molecule has 0 saturated heterocycles. The molecule has 1 heterocycles. The number of fused-ring (bicyclic) bond motifs is 1. The van der Waals surface area contributed by atoms with E-state index < -0.39 is 17.5 Å². The normalized spacial score (nSPS) is 25.8. The number of hydrogen-bond donors (Lipinski definition) is 2. The largest absolute Gasteiger partial charge is 0.460 e. The van der Waals surface area contributed by atoms with Crippen LogP contribution in [-0.2, 0) is 6.42 Å². The van der Waals surface area contributed by atoms with Gasteiger partial charge in [0.15, 0.2) is 17.1 Å². The van der Waals surface area contributed by atoms with Crippen molar-refractivity contribution >= 4 is 11.6 Å². The fourth-order valence-corrected chi connectivity index (χ4v) is 2.70. The van der Waals surface area contributed by atoms with Gasteiger partial charge >= 0.3 is 0 Å². The lowest BCUT2D eigenvalue weighted by Gasteiger charge is -2.31. The van der Waals surface area contributed by atoms with Crippen LogP contribution < -0.4 is 0 Å². The molecule has 5 heteroatoms. The lowest BCUT2D eigenvalue weighted by atomic mass is 9.79. The van der Waals surface area contributed by atoms with E-state index in [9.17, 15) is 19.8 Å². The first-order chi connectivity index (χ1) is 11.2. The maximum absolute atomic E-state index is 12.3. The van der Waals surface area contributed by atoms with Gasteiger partial charge in [-0.2, -0.15) is 0 Å². The van der Waals surface area contributed by atoms with Crippen LogP contribution in [0.25, 0.3) is 0 Å². The predicted molar refractivity (Wildman–Crippen MR) is 90.1 cm³/mol. The number of furan rings is 1.